The van der Waals surface area contributed by atoms with Crippen molar-refractivity contribution in [3.63, 3.8) is 0 Å². The zero-order chi connectivity index (χ0) is 16.8. The van der Waals surface area contributed by atoms with Gasteiger partial charge in [0.2, 0.25) is 0 Å². The van der Waals surface area contributed by atoms with Crippen LogP contribution in [-0.4, -0.2) is 44.2 Å². The molecule has 0 aliphatic carbocycles. The molecule has 0 fully saturated rings. The molecule has 1 aromatic carbocycles. The molecular formula is C16H20BrNO5. The third-order valence-corrected chi connectivity index (χ3v) is 3.88. The lowest BCUT2D eigenvalue weighted by molar-refractivity contribution is -0.148. The largest absolute Gasteiger partial charge is 0.478 e. The van der Waals surface area contributed by atoms with Crippen LogP contribution >= 0.6 is 15.9 Å². The van der Waals surface area contributed by atoms with Gasteiger partial charge in [-0.25, -0.2) is 4.79 Å². The quantitative estimate of drug-likeness (QED) is 0.675. The maximum absolute atomic E-state index is 11.8. The van der Waals surface area contributed by atoms with Gasteiger partial charge < -0.3 is 19.0 Å². The molecule has 0 bridgehead atoms. The first-order chi connectivity index (χ1) is 11.1. The number of hydrogen-bond donors (Lipinski definition) is 0. The van der Waals surface area contributed by atoms with Crippen molar-refractivity contribution in [1.82, 2.24) is 0 Å². The number of benzene rings is 1. The Balaban J connectivity index is 2.32. The number of rotatable bonds is 7. The highest BCUT2D eigenvalue weighted by atomic mass is 79.9. The summed E-state index contributed by atoms with van der Waals surface area (Å²) in [7, 11) is 1.34. The number of carbonyl (C=O) groups excluding carboxylic acids is 1. The summed E-state index contributed by atoms with van der Waals surface area (Å²) in [5.74, 6) is 0.131. The second kappa shape index (κ2) is 8.31. The van der Waals surface area contributed by atoms with Gasteiger partial charge >= 0.3 is 5.97 Å². The number of carbonyl (C=O) groups is 1. The molecule has 2 rings (SSSR count). The fourth-order valence-electron chi connectivity index (χ4n) is 2.25. The molecule has 0 saturated heterocycles. The van der Waals surface area contributed by atoms with Gasteiger partial charge in [-0.1, -0.05) is 28.0 Å². The van der Waals surface area contributed by atoms with E-state index in [0.717, 1.165) is 10.0 Å². The molecule has 1 heterocycles. The zero-order valence-corrected chi connectivity index (χ0v) is 15.0. The lowest BCUT2D eigenvalue weighted by Crippen LogP contribution is -2.30. The first kappa shape index (κ1) is 17.7. The minimum Gasteiger partial charge on any atom is -0.478 e. The molecule has 0 spiro atoms. The third kappa shape index (κ3) is 4.23. The molecular weight excluding hydrogens is 366 g/mol. The third-order valence-electron chi connectivity index (χ3n) is 3.38. The Labute approximate surface area is 143 Å². The average molecular weight is 386 g/mol. The van der Waals surface area contributed by atoms with E-state index >= 15 is 0 Å². The van der Waals surface area contributed by atoms with Gasteiger partial charge in [-0.05, 0) is 31.5 Å². The van der Waals surface area contributed by atoms with E-state index in [9.17, 15) is 4.79 Å². The van der Waals surface area contributed by atoms with E-state index in [1.54, 1.807) is 6.07 Å². The average Bonchev–Trinajstić information content (AvgIpc) is 3.01. The van der Waals surface area contributed by atoms with Crippen molar-refractivity contribution in [2.75, 3.05) is 20.3 Å². The summed E-state index contributed by atoms with van der Waals surface area (Å²) in [5.41, 5.74) is 1.39. The van der Waals surface area contributed by atoms with Crippen molar-refractivity contribution >= 4 is 27.6 Å². The molecule has 6 nitrogen and oxygen atoms in total. The van der Waals surface area contributed by atoms with E-state index in [2.05, 4.69) is 21.1 Å². The molecule has 7 heteroatoms. The summed E-state index contributed by atoms with van der Waals surface area (Å²) < 4.78 is 17.1. The smallest absolute Gasteiger partial charge is 0.347 e. The topological polar surface area (TPSA) is 66.3 Å². The summed E-state index contributed by atoms with van der Waals surface area (Å²) in [5, 5.41) is 4.08. The summed E-state index contributed by atoms with van der Waals surface area (Å²) in [6.07, 6.45) is -0.428. The van der Waals surface area contributed by atoms with Crippen molar-refractivity contribution in [2.45, 2.75) is 32.5 Å². The van der Waals surface area contributed by atoms with E-state index in [-0.39, 0.29) is 6.10 Å². The molecule has 23 heavy (non-hydrogen) atoms. The number of hydrogen-bond acceptors (Lipinski definition) is 6. The Morgan fingerprint density at radius 1 is 1.48 bits per heavy atom. The van der Waals surface area contributed by atoms with E-state index in [1.807, 2.05) is 26.0 Å². The molecule has 0 amide bonds. The van der Waals surface area contributed by atoms with Gasteiger partial charge in [0, 0.05) is 16.6 Å². The fraction of sp³-hybridized carbons (Fsp3) is 0.500. The fourth-order valence-corrected chi connectivity index (χ4v) is 2.61. The van der Waals surface area contributed by atoms with Gasteiger partial charge in [-0.15, -0.1) is 0 Å². The standard InChI is InChI=1S/C16H20BrNO5/c1-4-12(16(19)20-3)23-13-7-6-10(17)8-11(13)15-14(21-5-2)9-22-18-15/h6-8,12,14H,4-5,9H2,1-3H3. The maximum atomic E-state index is 11.8. The molecule has 2 unspecified atom stereocenters. The summed E-state index contributed by atoms with van der Waals surface area (Å²) in [6.45, 7) is 4.69. The van der Waals surface area contributed by atoms with E-state index in [4.69, 9.17) is 19.0 Å². The molecule has 0 aromatic heterocycles. The predicted octanol–water partition coefficient (Wildman–Crippen LogP) is 2.92. The maximum Gasteiger partial charge on any atom is 0.347 e. The molecule has 1 aromatic rings. The lowest BCUT2D eigenvalue weighted by Gasteiger charge is -2.19. The van der Waals surface area contributed by atoms with Crippen LogP contribution < -0.4 is 4.74 Å². The summed E-state index contributed by atoms with van der Waals surface area (Å²) in [4.78, 5) is 16.9. The van der Waals surface area contributed by atoms with E-state index in [1.165, 1.54) is 7.11 Å². The predicted molar refractivity (Wildman–Crippen MR) is 88.8 cm³/mol. The molecule has 2 atom stereocenters. The molecule has 126 valence electrons. The Bertz CT molecular complexity index is 590. The van der Waals surface area contributed by atoms with Crippen LogP contribution in [0.4, 0.5) is 0 Å². The molecule has 0 saturated carbocycles. The van der Waals surface area contributed by atoms with Gasteiger partial charge in [0.25, 0.3) is 0 Å². The van der Waals surface area contributed by atoms with Gasteiger partial charge in [-0.3, -0.25) is 0 Å². The summed E-state index contributed by atoms with van der Waals surface area (Å²) in [6, 6.07) is 5.50. The van der Waals surface area contributed by atoms with Crippen LogP contribution in [0.2, 0.25) is 0 Å². The number of ether oxygens (including phenoxy) is 3. The molecule has 0 radical (unpaired) electrons. The van der Waals surface area contributed by atoms with Crippen LogP contribution in [0, 0.1) is 0 Å². The number of halogens is 1. The number of oxime groups is 1. The Morgan fingerprint density at radius 2 is 2.26 bits per heavy atom. The van der Waals surface area contributed by atoms with E-state index in [0.29, 0.717) is 31.1 Å². The van der Waals surface area contributed by atoms with E-state index < -0.39 is 12.1 Å². The monoisotopic (exact) mass is 385 g/mol. The van der Waals surface area contributed by atoms with Crippen LogP contribution in [0.3, 0.4) is 0 Å². The van der Waals surface area contributed by atoms with Gasteiger partial charge in [0.1, 0.15) is 24.2 Å². The highest BCUT2D eigenvalue weighted by Crippen LogP contribution is 2.29. The number of esters is 1. The molecule has 1 aliphatic rings. The Hall–Kier alpha value is -1.60. The van der Waals surface area contributed by atoms with Crippen molar-refractivity contribution in [2.24, 2.45) is 5.16 Å². The SMILES string of the molecule is CCOC1CON=C1c1cc(Br)ccc1OC(CC)C(=O)OC. The Morgan fingerprint density at radius 3 is 2.91 bits per heavy atom. The minimum atomic E-state index is -0.673. The van der Waals surface area contributed by atoms with Gasteiger partial charge in [-0.2, -0.15) is 0 Å². The minimum absolute atomic E-state index is 0.255. The molecule has 1 aliphatic heterocycles. The molecule has 0 N–H and O–H groups in total. The summed E-state index contributed by atoms with van der Waals surface area (Å²) >= 11 is 3.44. The second-order valence-corrected chi connectivity index (χ2v) is 5.81. The second-order valence-electron chi connectivity index (χ2n) is 4.89. The van der Waals surface area contributed by atoms with Crippen LogP contribution in [0.1, 0.15) is 25.8 Å². The number of nitrogens with zero attached hydrogens (tertiary/aromatic N) is 1. The van der Waals surface area contributed by atoms with Crippen molar-refractivity contribution in [1.29, 1.82) is 0 Å². The van der Waals surface area contributed by atoms with Crippen LogP contribution in [0.15, 0.2) is 27.8 Å². The normalized spacial score (nSPS) is 18.1. The Kier molecular flexibility index (Phi) is 6.41. The highest BCUT2D eigenvalue weighted by Gasteiger charge is 2.29. The zero-order valence-electron chi connectivity index (χ0n) is 13.4. The van der Waals surface area contributed by atoms with Gasteiger partial charge in [0.15, 0.2) is 6.10 Å². The van der Waals surface area contributed by atoms with Crippen molar-refractivity contribution in [3.8, 4) is 5.75 Å². The van der Waals surface area contributed by atoms with Crippen LogP contribution in [0.25, 0.3) is 0 Å². The lowest BCUT2D eigenvalue weighted by atomic mass is 10.0. The van der Waals surface area contributed by atoms with Gasteiger partial charge in [0.05, 0.1) is 7.11 Å². The van der Waals surface area contributed by atoms with Crippen LogP contribution in [-0.2, 0) is 19.1 Å². The van der Waals surface area contributed by atoms with Crippen molar-refractivity contribution in [3.05, 3.63) is 28.2 Å². The van der Waals surface area contributed by atoms with Crippen LogP contribution in [0.5, 0.6) is 5.75 Å². The first-order valence-corrected chi connectivity index (χ1v) is 8.25. The highest BCUT2D eigenvalue weighted by molar-refractivity contribution is 9.10. The first-order valence-electron chi connectivity index (χ1n) is 7.46. The number of methoxy groups -OCH3 is 1. The van der Waals surface area contributed by atoms with Crippen molar-refractivity contribution < 1.29 is 23.8 Å².